The van der Waals surface area contributed by atoms with Gasteiger partial charge in [0.1, 0.15) is 0 Å². The maximum atomic E-state index is 14.7. The predicted molar refractivity (Wildman–Crippen MR) is 154 cm³/mol. The molecule has 12 nitrogen and oxygen atoms in total. The third kappa shape index (κ3) is 6.91. The van der Waals surface area contributed by atoms with Crippen molar-refractivity contribution in [3.63, 3.8) is 0 Å². The van der Waals surface area contributed by atoms with Crippen molar-refractivity contribution in [3.05, 3.63) is 23.3 Å². The average molecular weight is 669 g/mol. The molecule has 0 bridgehead atoms. The van der Waals surface area contributed by atoms with Gasteiger partial charge in [-0.1, -0.05) is 5.16 Å². The Morgan fingerprint density at radius 1 is 1.17 bits per heavy atom. The number of oxime groups is 1. The summed E-state index contributed by atoms with van der Waals surface area (Å²) in [6, 6.07) is -1.33. The predicted octanol–water partition coefficient (Wildman–Crippen LogP) is 3.53. The lowest BCUT2D eigenvalue weighted by atomic mass is 9.80. The zero-order valence-electron chi connectivity index (χ0n) is 25.6. The number of aromatic nitrogens is 4. The van der Waals surface area contributed by atoms with E-state index in [2.05, 4.69) is 26.3 Å². The molecule has 3 aliphatic heterocycles. The molecule has 6 unspecified atom stereocenters. The molecular formula is C30H37F5N8O4. The van der Waals surface area contributed by atoms with E-state index in [1.54, 1.807) is 0 Å². The zero-order valence-corrected chi connectivity index (χ0v) is 25.6. The van der Waals surface area contributed by atoms with Crippen molar-refractivity contribution in [2.75, 3.05) is 19.8 Å². The Morgan fingerprint density at radius 2 is 2.00 bits per heavy atom. The second kappa shape index (κ2) is 12.5. The molecule has 4 fully saturated rings. The monoisotopic (exact) mass is 668 g/mol. The Kier molecular flexibility index (Phi) is 8.55. The largest absolute Gasteiger partial charge is 0.393 e. The minimum atomic E-state index is -4.46. The molecule has 2 saturated carbocycles. The molecular weight excluding hydrogens is 631 g/mol. The molecule has 6 atom stereocenters. The van der Waals surface area contributed by atoms with Crippen LogP contribution in [0.2, 0.25) is 0 Å². The molecule has 2 saturated heterocycles. The summed E-state index contributed by atoms with van der Waals surface area (Å²) in [6.07, 6.45) is -0.150. The zero-order chi connectivity index (χ0) is 32.9. The molecule has 2 aromatic rings. The molecule has 2 aromatic heterocycles. The Labute approximate surface area is 266 Å². The van der Waals surface area contributed by atoms with Crippen molar-refractivity contribution in [1.82, 2.24) is 35.7 Å². The molecule has 5 aliphatic rings. The number of hydrogen-bond acceptors (Lipinski definition) is 9. The van der Waals surface area contributed by atoms with E-state index in [-0.39, 0.29) is 54.7 Å². The minimum Gasteiger partial charge on any atom is -0.381 e. The second-order valence-electron chi connectivity index (χ2n) is 13.6. The quantitative estimate of drug-likeness (QED) is 0.363. The number of carbonyl (C=O) groups excluding carboxylic acids is 2. The first-order chi connectivity index (χ1) is 22.4. The van der Waals surface area contributed by atoms with Gasteiger partial charge in [-0.05, 0) is 56.8 Å². The van der Waals surface area contributed by atoms with Crippen LogP contribution >= 0.6 is 0 Å². The third-order valence-corrected chi connectivity index (χ3v) is 10.0. The first-order valence-corrected chi connectivity index (χ1v) is 16.3. The number of imidazole rings is 1. The topological polar surface area (TPSA) is 144 Å². The van der Waals surface area contributed by atoms with Crippen LogP contribution in [0.15, 0.2) is 11.4 Å². The maximum absolute atomic E-state index is 14.7. The number of carbonyl (C=O) groups is 2. The van der Waals surface area contributed by atoms with E-state index in [0.717, 1.165) is 19.3 Å². The lowest BCUT2D eigenvalue weighted by molar-refractivity contribution is -0.183. The van der Waals surface area contributed by atoms with Gasteiger partial charge in [-0.2, -0.15) is 18.3 Å². The molecule has 0 radical (unpaired) electrons. The number of fused-ring (bicyclic) bond motifs is 1. The van der Waals surface area contributed by atoms with Gasteiger partial charge in [0.25, 0.3) is 11.7 Å². The number of rotatable bonds is 8. The van der Waals surface area contributed by atoms with E-state index in [0.29, 0.717) is 37.4 Å². The van der Waals surface area contributed by atoms with E-state index >= 15 is 0 Å². The Morgan fingerprint density at radius 3 is 2.72 bits per heavy atom. The molecule has 2 aliphatic carbocycles. The van der Waals surface area contributed by atoms with Gasteiger partial charge in [0.2, 0.25) is 11.8 Å². The molecule has 17 heteroatoms. The number of alkyl halides is 5. The first-order valence-electron chi connectivity index (χ1n) is 16.3. The van der Waals surface area contributed by atoms with Gasteiger partial charge >= 0.3 is 6.18 Å². The van der Waals surface area contributed by atoms with Crippen molar-refractivity contribution < 1.29 is 41.2 Å². The smallest absolute Gasteiger partial charge is 0.381 e. The van der Waals surface area contributed by atoms with Crippen LogP contribution in [0.25, 0.3) is 5.78 Å². The van der Waals surface area contributed by atoms with Crippen LogP contribution < -0.4 is 16.1 Å². The van der Waals surface area contributed by atoms with Crippen LogP contribution in [0, 0.1) is 23.7 Å². The number of piperidine rings is 1. The summed E-state index contributed by atoms with van der Waals surface area (Å²) in [5, 5.41) is 13.9. The number of nitrogens with zero attached hydrogens (tertiary/aromatic N) is 5. The molecule has 2 amide bonds. The summed E-state index contributed by atoms with van der Waals surface area (Å²) in [5.41, 5.74) is 3.99. The van der Waals surface area contributed by atoms with Crippen molar-refractivity contribution in [1.29, 1.82) is 0 Å². The van der Waals surface area contributed by atoms with Gasteiger partial charge < -0.3 is 15.4 Å². The van der Waals surface area contributed by atoms with Gasteiger partial charge in [0, 0.05) is 44.2 Å². The molecule has 7 rings (SSSR count). The number of amides is 2. The van der Waals surface area contributed by atoms with Crippen molar-refractivity contribution in [2.45, 2.75) is 94.3 Å². The molecule has 256 valence electrons. The summed E-state index contributed by atoms with van der Waals surface area (Å²) in [5.74, 6) is -7.13. The SMILES string of the molecule is O=C(NC(c1cn2nc(CC3CC(C(F)(F)F)CNC3=O)c(C3CCCOC3)nc2n1)C1CCCC(F)(F)C1)C1=NONC1C1CC1. The van der Waals surface area contributed by atoms with Gasteiger partial charge in [-0.15, -0.1) is 5.48 Å². The fraction of sp³-hybridized carbons (Fsp3) is 0.733. The Hall–Kier alpha value is -3.47. The summed E-state index contributed by atoms with van der Waals surface area (Å²) in [6.45, 7) is 0.416. The highest BCUT2D eigenvalue weighted by atomic mass is 19.4. The number of ether oxygens (including phenoxy) is 1. The summed E-state index contributed by atoms with van der Waals surface area (Å²) in [7, 11) is 0. The van der Waals surface area contributed by atoms with E-state index in [9.17, 15) is 31.5 Å². The standard InChI is InChI=1S/C30H37F5N8O4/c31-29(32)7-1-3-16(11-29)22(38-27(45)25-24(15-5-6-15)41-47-42-25)21-13-43-28(37-21)39-23(17-4-2-8-46-14-17)20(40-43)10-18-9-19(30(33,34)35)12-36-26(18)44/h13,15-19,22,24,41H,1-12,14H2,(H,36,44)(H,38,45). The summed E-state index contributed by atoms with van der Waals surface area (Å²) >= 11 is 0. The van der Waals surface area contributed by atoms with Crippen LogP contribution in [0.5, 0.6) is 0 Å². The second-order valence-corrected chi connectivity index (χ2v) is 13.6. The Bertz CT molecular complexity index is 1540. The van der Waals surface area contributed by atoms with Gasteiger partial charge in [-0.25, -0.2) is 23.3 Å². The Balaban J connectivity index is 1.23. The molecule has 0 aromatic carbocycles. The lowest BCUT2D eigenvalue weighted by Gasteiger charge is -2.34. The van der Waals surface area contributed by atoms with E-state index in [4.69, 9.17) is 19.8 Å². The van der Waals surface area contributed by atoms with Crippen molar-refractivity contribution >= 4 is 23.3 Å². The average Bonchev–Trinajstić information content (AvgIpc) is 3.60. The van der Waals surface area contributed by atoms with Crippen LogP contribution in [0.3, 0.4) is 0 Å². The van der Waals surface area contributed by atoms with Gasteiger partial charge in [-0.3, -0.25) is 14.5 Å². The van der Waals surface area contributed by atoms with Crippen LogP contribution in [-0.2, 0) is 25.7 Å². The highest BCUT2D eigenvalue weighted by Gasteiger charge is 2.46. The lowest BCUT2D eigenvalue weighted by Crippen LogP contribution is -2.47. The van der Waals surface area contributed by atoms with E-state index in [1.807, 2.05) is 0 Å². The fourth-order valence-corrected chi connectivity index (χ4v) is 7.34. The summed E-state index contributed by atoms with van der Waals surface area (Å²) < 4.78 is 77.2. The van der Waals surface area contributed by atoms with Crippen LogP contribution in [-0.4, -0.2) is 75.0 Å². The van der Waals surface area contributed by atoms with Gasteiger partial charge in [0.15, 0.2) is 5.71 Å². The van der Waals surface area contributed by atoms with Crippen LogP contribution in [0.1, 0.15) is 86.8 Å². The third-order valence-electron chi connectivity index (χ3n) is 10.0. The fourth-order valence-electron chi connectivity index (χ4n) is 7.34. The van der Waals surface area contributed by atoms with E-state index < -0.39 is 66.7 Å². The highest BCUT2D eigenvalue weighted by Crippen LogP contribution is 2.43. The first kappa shape index (κ1) is 32.1. The molecule has 3 N–H and O–H groups in total. The highest BCUT2D eigenvalue weighted by molar-refractivity contribution is 6.41. The molecule has 0 spiro atoms. The van der Waals surface area contributed by atoms with E-state index in [1.165, 1.54) is 10.7 Å². The molecule has 5 heterocycles. The van der Waals surface area contributed by atoms with Gasteiger partial charge in [0.05, 0.1) is 47.9 Å². The maximum Gasteiger partial charge on any atom is 0.393 e. The number of hydrogen-bond donors (Lipinski definition) is 3. The number of halogens is 5. The number of nitrogens with one attached hydrogen (secondary N) is 3. The normalized spacial score (nSPS) is 30.4. The van der Waals surface area contributed by atoms with Crippen LogP contribution in [0.4, 0.5) is 22.0 Å². The van der Waals surface area contributed by atoms with Crippen molar-refractivity contribution in [2.24, 2.45) is 28.8 Å². The van der Waals surface area contributed by atoms with Crippen molar-refractivity contribution in [3.8, 4) is 0 Å². The summed E-state index contributed by atoms with van der Waals surface area (Å²) in [4.78, 5) is 40.7. The minimum absolute atomic E-state index is 0.0783. The number of hydroxylamine groups is 1. The molecule has 47 heavy (non-hydrogen) atoms.